The zero-order chi connectivity index (χ0) is 11.5. The van der Waals surface area contributed by atoms with E-state index in [9.17, 15) is 4.79 Å². The third-order valence-electron chi connectivity index (χ3n) is 2.59. The second-order valence-electron chi connectivity index (χ2n) is 4.01. The second kappa shape index (κ2) is 4.63. The summed E-state index contributed by atoms with van der Waals surface area (Å²) >= 11 is 0. The van der Waals surface area contributed by atoms with Crippen LogP contribution >= 0.6 is 0 Å². The molecule has 2 rings (SSSR count). The van der Waals surface area contributed by atoms with Gasteiger partial charge in [-0.25, -0.2) is 0 Å². The number of hydrogen-bond acceptors (Lipinski definition) is 5. The van der Waals surface area contributed by atoms with Gasteiger partial charge in [-0.3, -0.25) is 4.79 Å². The van der Waals surface area contributed by atoms with Gasteiger partial charge in [-0.2, -0.15) is 0 Å². The number of carbonyl (C=O) groups excluding carboxylic acids is 1. The van der Waals surface area contributed by atoms with E-state index in [2.05, 4.69) is 10.5 Å². The number of nitrogens with zero attached hydrogens (tertiary/aromatic N) is 1. The Morgan fingerprint density at radius 1 is 1.75 bits per heavy atom. The van der Waals surface area contributed by atoms with Gasteiger partial charge >= 0.3 is 0 Å². The summed E-state index contributed by atoms with van der Waals surface area (Å²) in [5.74, 6) is 0.320. The molecule has 0 spiro atoms. The molecule has 3 N–H and O–H groups in total. The minimum absolute atomic E-state index is 0.171. The monoisotopic (exact) mass is 225 g/mol. The van der Waals surface area contributed by atoms with Crippen molar-refractivity contribution in [2.24, 2.45) is 5.73 Å². The molecule has 1 heterocycles. The molecule has 1 saturated carbocycles. The quantitative estimate of drug-likeness (QED) is 0.755. The molecule has 88 valence electrons. The van der Waals surface area contributed by atoms with E-state index >= 15 is 0 Å². The lowest BCUT2D eigenvalue weighted by atomic mass is 9.87. The van der Waals surface area contributed by atoms with E-state index in [4.69, 9.17) is 15.0 Å². The lowest BCUT2D eigenvalue weighted by Crippen LogP contribution is -2.50. The molecule has 0 atom stereocenters. The van der Waals surface area contributed by atoms with E-state index in [1.54, 1.807) is 13.2 Å². The molecule has 0 unspecified atom stereocenters. The smallest absolute Gasteiger partial charge is 0.273 e. The van der Waals surface area contributed by atoms with E-state index in [0.717, 1.165) is 12.8 Å². The Hall–Kier alpha value is -1.40. The van der Waals surface area contributed by atoms with Crippen molar-refractivity contribution < 1.29 is 14.1 Å². The molecule has 0 aliphatic heterocycles. The summed E-state index contributed by atoms with van der Waals surface area (Å²) in [6.45, 7) is 0.314. The van der Waals surface area contributed by atoms with Gasteiger partial charge in [0, 0.05) is 25.3 Å². The average Bonchev–Trinajstić information content (AvgIpc) is 2.64. The van der Waals surface area contributed by atoms with Crippen LogP contribution < -0.4 is 11.1 Å². The first-order valence-corrected chi connectivity index (χ1v) is 5.20. The number of aromatic nitrogens is 1. The molecule has 0 bridgehead atoms. The van der Waals surface area contributed by atoms with Crippen LogP contribution in [0.15, 0.2) is 10.6 Å². The molecule has 0 saturated heterocycles. The van der Waals surface area contributed by atoms with Gasteiger partial charge < -0.3 is 20.3 Å². The van der Waals surface area contributed by atoms with Crippen molar-refractivity contribution in [1.29, 1.82) is 0 Å². The van der Waals surface area contributed by atoms with Crippen LogP contribution in [0, 0.1) is 0 Å². The van der Waals surface area contributed by atoms with Crippen molar-refractivity contribution in [3.8, 4) is 0 Å². The molecule has 1 aliphatic carbocycles. The molecular formula is C10H15N3O3. The van der Waals surface area contributed by atoms with Crippen molar-refractivity contribution in [3.63, 3.8) is 0 Å². The van der Waals surface area contributed by atoms with E-state index < -0.39 is 0 Å². The summed E-state index contributed by atoms with van der Waals surface area (Å²) in [4.78, 5) is 11.7. The predicted octanol–water partition coefficient (Wildman–Crippen LogP) is 0.0405. The Bertz CT molecular complexity index is 371. The lowest BCUT2D eigenvalue weighted by Gasteiger charge is -2.32. The number of carbonyl (C=O) groups is 1. The van der Waals surface area contributed by atoms with E-state index in [1.165, 1.54) is 0 Å². The first-order chi connectivity index (χ1) is 7.69. The van der Waals surface area contributed by atoms with Gasteiger partial charge in [-0.05, 0) is 12.8 Å². The molecule has 16 heavy (non-hydrogen) atoms. The van der Waals surface area contributed by atoms with Gasteiger partial charge in [0.05, 0.1) is 0 Å². The Balaban J connectivity index is 1.88. The van der Waals surface area contributed by atoms with Crippen LogP contribution in [0.2, 0.25) is 0 Å². The van der Waals surface area contributed by atoms with Gasteiger partial charge in [0.1, 0.15) is 6.61 Å². The summed E-state index contributed by atoms with van der Waals surface area (Å²) in [6, 6.07) is 1.97. The summed E-state index contributed by atoms with van der Waals surface area (Å²) in [5, 5.41) is 6.50. The minimum Gasteiger partial charge on any atom is -0.377 e. The third kappa shape index (κ3) is 2.40. The molecule has 1 aliphatic rings. The van der Waals surface area contributed by atoms with Crippen LogP contribution in [0.4, 0.5) is 0 Å². The normalized spacial score (nSPS) is 23.9. The largest absolute Gasteiger partial charge is 0.377 e. The van der Waals surface area contributed by atoms with Crippen LogP contribution in [0.1, 0.15) is 29.1 Å². The van der Waals surface area contributed by atoms with Crippen LogP contribution in [0.5, 0.6) is 0 Å². The second-order valence-corrected chi connectivity index (χ2v) is 4.01. The van der Waals surface area contributed by atoms with Gasteiger partial charge in [-0.15, -0.1) is 0 Å². The van der Waals surface area contributed by atoms with Gasteiger partial charge in [0.15, 0.2) is 11.5 Å². The van der Waals surface area contributed by atoms with Crippen LogP contribution in [0.25, 0.3) is 0 Å². The maximum atomic E-state index is 11.7. The Labute approximate surface area is 93.1 Å². The number of rotatable bonds is 4. The van der Waals surface area contributed by atoms with Crippen molar-refractivity contribution in [1.82, 2.24) is 10.5 Å². The maximum absolute atomic E-state index is 11.7. The molecule has 1 aromatic heterocycles. The predicted molar refractivity (Wildman–Crippen MR) is 55.7 cm³/mol. The number of hydrogen-bond donors (Lipinski definition) is 2. The first-order valence-electron chi connectivity index (χ1n) is 5.20. The molecular weight excluding hydrogens is 210 g/mol. The van der Waals surface area contributed by atoms with Gasteiger partial charge in [0.25, 0.3) is 5.91 Å². The fourth-order valence-electron chi connectivity index (χ4n) is 1.67. The number of ether oxygens (including phenoxy) is 1. The van der Waals surface area contributed by atoms with E-state index in [0.29, 0.717) is 12.4 Å². The topological polar surface area (TPSA) is 90.4 Å². The molecule has 1 amide bonds. The number of nitrogens with two attached hydrogens (primary N) is 1. The standard InChI is InChI=1S/C10H15N3O3/c1-15-5-8-4-9(13-16-8)10(14)12-7-2-6(11)3-7/h4,6-7H,2-3,5,11H2,1H3,(H,12,14). The summed E-state index contributed by atoms with van der Waals surface area (Å²) in [5.41, 5.74) is 5.91. The first kappa shape index (κ1) is 11.1. The summed E-state index contributed by atoms with van der Waals surface area (Å²) in [6.07, 6.45) is 1.66. The van der Waals surface area contributed by atoms with Gasteiger partial charge in [0.2, 0.25) is 0 Å². The van der Waals surface area contributed by atoms with Crippen molar-refractivity contribution >= 4 is 5.91 Å². The maximum Gasteiger partial charge on any atom is 0.273 e. The highest BCUT2D eigenvalue weighted by Gasteiger charge is 2.28. The highest BCUT2D eigenvalue weighted by Crippen LogP contribution is 2.17. The van der Waals surface area contributed by atoms with Crippen molar-refractivity contribution in [3.05, 3.63) is 17.5 Å². The lowest BCUT2D eigenvalue weighted by molar-refractivity contribution is 0.0900. The van der Waals surface area contributed by atoms with Crippen LogP contribution in [0.3, 0.4) is 0 Å². The fraction of sp³-hybridized carbons (Fsp3) is 0.600. The Kier molecular flexibility index (Phi) is 3.21. The number of amides is 1. The van der Waals surface area contributed by atoms with Gasteiger partial charge in [-0.1, -0.05) is 5.16 Å². The zero-order valence-corrected chi connectivity index (χ0v) is 9.10. The fourth-order valence-corrected chi connectivity index (χ4v) is 1.67. The molecule has 1 fully saturated rings. The summed E-state index contributed by atoms with van der Waals surface area (Å²) in [7, 11) is 1.55. The Morgan fingerprint density at radius 3 is 3.12 bits per heavy atom. The molecule has 0 aromatic carbocycles. The molecule has 6 nitrogen and oxygen atoms in total. The zero-order valence-electron chi connectivity index (χ0n) is 9.10. The minimum atomic E-state index is -0.219. The van der Waals surface area contributed by atoms with Crippen LogP contribution in [-0.2, 0) is 11.3 Å². The number of nitrogens with one attached hydrogen (secondary N) is 1. The molecule has 0 radical (unpaired) electrons. The average molecular weight is 225 g/mol. The number of methoxy groups -OCH3 is 1. The van der Waals surface area contributed by atoms with Crippen LogP contribution in [-0.4, -0.2) is 30.3 Å². The van der Waals surface area contributed by atoms with Crippen molar-refractivity contribution in [2.75, 3.05) is 7.11 Å². The van der Waals surface area contributed by atoms with Crippen molar-refractivity contribution in [2.45, 2.75) is 31.5 Å². The highest BCUT2D eigenvalue weighted by molar-refractivity contribution is 5.92. The molecule has 6 heteroatoms. The molecule has 1 aromatic rings. The van der Waals surface area contributed by atoms with E-state index in [-0.39, 0.29) is 23.7 Å². The SMILES string of the molecule is COCc1cc(C(=O)NC2CC(N)C2)no1. The Morgan fingerprint density at radius 2 is 2.50 bits per heavy atom. The highest BCUT2D eigenvalue weighted by atomic mass is 16.5. The third-order valence-corrected chi connectivity index (χ3v) is 2.59. The summed E-state index contributed by atoms with van der Waals surface area (Å²) < 4.78 is 9.79. The van der Waals surface area contributed by atoms with E-state index in [1.807, 2.05) is 0 Å².